The molecule has 0 amide bonds. The molecule has 0 radical (unpaired) electrons. The molecule has 1 N–H and O–H groups in total. The number of hydrogen-bond donors (Lipinski definition) is 1. The highest BCUT2D eigenvalue weighted by molar-refractivity contribution is 6.33. The van der Waals surface area contributed by atoms with Crippen LogP contribution in [0, 0.1) is 6.92 Å². The van der Waals surface area contributed by atoms with Crippen LogP contribution in [-0.4, -0.2) is 55.2 Å². The Morgan fingerprint density at radius 2 is 1.73 bits per heavy atom. The molecule has 30 heavy (non-hydrogen) atoms. The van der Waals surface area contributed by atoms with E-state index in [2.05, 4.69) is 20.1 Å². The van der Waals surface area contributed by atoms with E-state index in [0.29, 0.717) is 11.0 Å². The van der Waals surface area contributed by atoms with Crippen LogP contribution in [0.25, 0.3) is 0 Å². The number of nitrogens with zero attached hydrogens (tertiary/aromatic N) is 6. The lowest BCUT2D eigenvalue weighted by atomic mass is 10.2. The third kappa shape index (κ3) is 4.57. The molecule has 7 nitrogen and oxygen atoms in total. The fourth-order valence-electron chi connectivity index (χ4n) is 3.39. The monoisotopic (exact) mass is 423 g/mol. The molecule has 4 rings (SSSR count). The summed E-state index contributed by atoms with van der Waals surface area (Å²) in [6, 6.07) is 13.9. The molecule has 0 atom stereocenters. The lowest BCUT2D eigenvalue weighted by Gasteiger charge is -2.35. The van der Waals surface area contributed by atoms with Crippen LogP contribution in [0.2, 0.25) is 5.02 Å². The van der Waals surface area contributed by atoms with Crippen LogP contribution in [0.3, 0.4) is 0 Å². The third-order valence-corrected chi connectivity index (χ3v) is 5.39. The summed E-state index contributed by atoms with van der Waals surface area (Å²) in [5.41, 5.74) is 1.95. The van der Waals surface area contributed by atoms with Gasteiger partial charge in [-0.05, 0) is 36.8 Å². The van der Waals surface area contributed by atoms with E-state index in [0.717, 1.165) is 54.9 Å². The molecule has 0 aliphatic carbocycles. The van der Waals surface area contributed by atoms with Crippen LogP contribution in [0.5, 0.6) is 0 Å². The number of benzene rings is 1. The van der Waals surface area contributed by atoms with Gasteiger partial charge >= 0.3 is 0 Å². The highest BCUT2D eigenvalue weighted by atomic mass is 35.5. The average Bonchev–Trinajstić information content (AvgIpc) is 2.76. The summed E-state index contributed by atoms with van der Waals surface area (Å²) in [5, 5.41) is 4.02. The smallest absolute Gasteiger partial charge is 0.229 e. The molecule has 1 saturated heterocycles. The Morgan fingerprint density at radius 3 is 2.40 bits per heavy atom. The van der Waals surface area contributed by atoms with Gasteiger partial charge in [-0.15, -0.1) is 0 Å². The maximum Gasteiger partial charge on any atom is 0.229 e. The molecule has 0 bridgehead atoms. The van der Waals surface area contributed by atoms with Gasteiger partial charge in [0.15, 0.2) is 0 Å². The molecule has 1 aliphatic heterocycles. The molecule has 0 saturated carbocycles. The molecule has 2 aromatic heterocycles. The van der Waals surface area contributed by atoms with Gasteiger partial charge in [-0.25, -0.2) is 4.98 Å². The molecule has 1 fully saturated rings. The molecule has 1 aliphatic rings. The highest BCUT2D eigenvalue weighted by Gasteiger charge is 2.21. The number of aromatic nitrogens is 3. The Morgan fingerprint density at radius 1 is 0.967 bits per heavy atom. The normalized spacial score (nSPS) is 14.0. The zero-order valence-electron chi connectivity index (χ0n) is 17.5. The second-order valence-electron chi connectivity index (χ2n) is 7.58. The number of anilines is 5. The van der Waals surface area contributed by atoms with Gasteiger partial charge in [0.05, 0.1) is 10.7 Å². The van der Waals surface area contributed by atoms with Gasteiger partial charge < -0.3 is 20.0 Å². The molecule has 156 valence electrons. The van der Waals surface area contributed by atoms with Crippen LogP contribution in [0.15, 0.2) is 48.7 Å². The molecule has 8 heteroatoms. The Kier molecular flexibility index (Phi) is 5.90. The van der Waals surface area contributed by atoms with E-state index in [1.807, 2.05) is 74.6 Å². The average molecular weight is 424 g/mol. The first kappa shape index (κ1) is 20.2. The summed E-state index contributed by atoms with van der Waals surface area (Å²) in [4.78, 5) is 20.5. The molecule has 0 spiro atoms. The fourth-order valence-corrected chi connectivity index (χ4v) is 3.67. The van der Waals surface area contributed by atoms with Crippen LogP contribution >= 0.6 is 11.6 Å². The zero-order chi connectivity index (χ0) is 21.1. The number of halogens is 1. The van der Waals surface area contributed by atoms with Crippen molar-refractivity contribution in [3.05, 3.63) is 59.2 Å². The van der Waals surface area contributed by atoms with E-state index in [1.54, 1.807) is 0 Å². The van der Waals surface area contributed by atoms with E-state index in [4.69, 9.17) is 21.6 Å². The van der Waals surface area contributed by atoms with Crippen molar-refractivity contribution in [1.29, 1.82) is 0 Å². The second-order valence-corrected chi connectivity index (χ2v) is 7.98. The van der Waals surface area contributed by atoms with Crippen LogP contribution in [0.4, 0.5) is 29.1 Å². The van der Waals surface area contributed by atoms with Gasteiger partial charge in [-0.3, -0.25) is 0 Å². The van der Waals surface area contributed by atoms with Gasteiger partial charge in [0, 0.05) is 52.5 Å². The first-order chi connectivity index (χ1) is 14.5. The summed E-state index contributed by atoms with van der Waals surface area (Å²) in [5.74, 6) is 3.29. The van der Waals surface area contributed by atoms with Gasteiger partial charge in [-0.2, -0.15) is 9.97 Å². The minimum Gasteiger partial charge on any atom is -0.363 e. The highest BCUT2D eigenvalue weighted by Crippen LogP contribution is 2.28. The van der Waals surface area contributed by atoms with Crippen molar-refractivity contribution in [3.8, 4) is 0 Å². The van der Waals surface area contributed by atoms with Crippen molar-refractivity contribution in [3.63, 3.8) is 0 Å². The molecule has 3 heterocycles. The van der Waals surface area contributed by atoms with Crippen LogP contribution < -0.4 is 20.0 Å². The van der Waals surface area contributed by atoms with Crippen LogP contribution in [0.1, 0.15) is 5.56 Å². The van der Waals surface area contributed by atoms with Gasteiger partial charge in [-0.1, -0.05) is 23.7 Å². The minimum atomic E-state index is 0.672. The Hall–Kier alpha value is -3.06. The first-order valence-corrected chi connectivity index (χ1v) is 10.4. The summed E-state index contributed by atoms with van der Waals surface area (Å²) >= 11 is 6.41. The summed E-state index contributed by atoms with van der Waals surface area (Å²) < 4.78 is 0. The number of piperazine rings is 1. The van der Waals surface area contributed by atoms with Gasteiger partial charge in [0.1, 0.15) is 17.5 Å². The fraction of sp³-hybridized carbons (Fsp3) is 0.318. The largest absolute Gasteiger partial charge is 0.363 e. The Balaban J connectivity index is 1.54. The number of hydrogen-bond acceptors (Lipinski definition) is 7. The van der Waals surface area contributed by atoms with E-state index >= 15 is 0 Å². The number of rotatable bonds is 5. The lowest BCUT2D eigenvalue weighted by molar-refractivity contribution is 0.635. The molecular formula is C22H26ClN7. The van der Waals surface area contributed by atoms with E-state index in [9.17, 15) is 0 Å². The predicted octanol–water partition coefficient (Wildman–Crippen LogP) is 3.97. The van der Waals surface area contributed by atoms with Crippen molar-refractivity contribution in [2.75, 3.05) is 60.3 Å². The van der Waals surface area contributed by atoms with Gasteiger partial charge in [0.25, 0.3) is 0 Å². The van der Waals surface area contributed by atoms with Crippen molar-refractivity contribution >= 4 is 40.7 Å². The lowest BCUT2D eigenvalue weighted by Crippen LogP contribution is -2.47. The number of nitrogens with one attached hydrogen (secondary N) is 1. The van der Waals surface area contributed by atoms with E-state index in [-0.39, 0.29) is 0 Å². The summed E-state index contributed by atoms with van der Waals surface area (Å²) in [6.07, 6.45) is 1.83. The predicted molar refractivity (Wildman–Crippen MR) is 124 cm³/mol. The number of aryl methyl sites for hydroxylation is 1. The molecule has 1 aromatic carbocycles. The maximum absolute atomic E-state index is 6.41. The Bertz CT molecular complexity index is 1000. The third-order valence-electron chi connectivity index (χ3n) is 5.08. The van der Waals surface area contributed by atoms with E-state index in [1.165, 1.54) is 0 Å². The molecular weight excluding hydrogens is 398 g/mol. The number of pyridine rings is 1. The van der Waals surface area contributed by atoms with Gasteiger partial charge in [0.2, 0.25) is 5.95 Å². The van der Waals surface area contributed by atoms with Crippen molar-refractivity contribution in [2.24, 2.45) is 0 Å². The molecule has 3 aromatic rings. The quantitative estimate of drug-likeness (QED) is 0.666. The SMILES string of the molecule is Cc1ccc(Nc2cc(N(C)C)nc(N3CCN(c4ccccn4)CC3)n2)c(Cl)c1. The standard InChI is InChI=1S/C22H26ClN7/c1-16-7-8-18(17(23)14-16)25-19-15-21(28(2)3)27-22(26-19)30-12-10-29(11-13-30)20-6-4-5-9-24-20/h4-9,14-15H,10-13H2,1-3H3,(H,25,26,27). The second kappa shape index (κ2) is 8.75. The topological polar surface area (TPSA) is 60.4 Å². The minimum absolute atomic E-state index is 0.672. The summed E-state index contributed by atoms with van der Waals surface area (Å²) in [7, 11) is 3.96. The maximum atomic E-state index is 6.41. The van der Waals surface area contributed by atoms with Crippen LogP contribution in [-0.2, 0) is 0 Å². The van der Waals surface area contributed by atoms with Crippen molar-refractivity contribution in [2.45, 2.75) is 6.92 Å². The molecule has 0 unspecified atom stereocenters. The van der Waals surface area contributed by atoms with Crippen molar-refractivity contribution < 1.29 is 0 Å². The first-order valence-electron chi connectivity index (χ1n) is 10.00. The zero-order valence-corrected chi connectivity index (χ0v) is 18.3. The van der Waals surface area contributed by atoms with Crippen molar-refractivity contribution in [1.82, 2.24) is 15.0 Å². The Labute approximate surface area is 182 Å². The summed E-state index contributed by atoms with van der Waals surface area (Å²) in [6.45, 7) is 5.43. The van der Waals surface area contributed by atoms with E-state index < -0.39 is 0 Å².